The molecule has 0 aliphatic carbocycles. The van der Waals surface area contributed by atoms with Gasteiger partial charge in [0.25, 0.3) is 0 Å². The molecule has 3 N–H and O–H groups in total. The second-order valence-corrected chi connectivity index (χ2v) is 12.5. The highest BCUT2D eigenvalue weighted by Gasteiger charge is 2.48. The van der Waals surface area contributed by atoms with Crippen LogP contribution in [0.4, 0.5) is 5.69 Å². The largest absolute Gasteiger partial charge is 0.374 e. The van der Waals surface area contributed by atoms with E-state index in [1.807, 2.05) is 54.6 Å². The molecule has 4 rings (SSSR count). The maximum Gasteiger partial charge on any atom is 0.247 e. The van der Waals surface area contributed by atoms with Gasteiger partial charge in [0.15, 0.2) is 0 Å². The van der Waals surface area contributed by atoms with Gasteiger partial charge >= 0.3 is 0 Å². The number of amides is 2. The molecule has 0 saturated carbocycles. The van der Waals surface area contributed by atoms with Gasteiger partial charge in [0.05, 0.1) is 30.7 Å². The molecule has 2 aromatic rings. The molecular formula is C28H40N4O5S. The Labute approximate surface area is 226 Å². The van der Waals surface area contributed by atoms with E-state index in [1.54, 1.807) is 18.7 Å². The third kappa shape index (κ3) is 6.36. The molecule has 2 aliphatic heterocycles. The number of anilines is 1. The number of nitrogens with zero attached hydrogens (tertiary/aromatic N) is 2. The van der Waals surface area contributed by atoms with Crippen LogP contribution in [-0.4, -0.2) is 69.2 Å². The first-order chi connectivity index (χ1) is 17.4. The second-order valence-electron chi connectivity index (χ2n) is 10.6. The van der Waals surface area contributed by atoms with Crippen LogP contribution in [0, 0.1) is 0 Å². The predicted molar refractivity (Wildman–Crippen MR) is 149 cm³/mol. The summed E-state index contributed by atoms with van der Waals surface area (Å²) in [4.78, 5) is 27.9. The Balaban J connectivity index is 0.00000400. The van der Waals surface area contributed by atoms with E-state index >= 15 is 0 Å². The number of carbonyl (C=O) groups is 2. The summed E-state index contributed by atoms with van der Waals surface area (Å²) < 4.78 is 32.2. The number of rotatable bonds is 8. The minimum Gasteiger partial charge on any atom is -0.374 e. The van der Waals surface area contributed by atoms with Crippen LogP contribution in [-0.2, 0) is 36.4 Å². The number of likely N-dealkylation sites (tertiary alicyclic amines) is 1. The molecule has 38 heavy (non-hydrogen) atoms. The normalized spacial score (nSPS) is 17.5. The molecule has 2 amide bonds. The van der Waals surface area contributed by atoms with Crippen molar-refractivity contribution in [3.8, 4) is 0 Å². The Morgan fingerprint density at radius 3 is 2.29 bits per heavy atom. The first-order valence-corrected chi connectivity index (χ1v) is 14.3. The summed E-state index contributed by atoms with van der Waals surface area (Å²) in [5, 5.41) is 2.78. The highest BCUT2D eigenvalue weighted by atomic mass is 32.2. The molecule has 1 spiro atoms. The third-order valence-corrected chi connectivity index (χ3v) is 8.33. The SMILES string of the molecule is C.CC(C)(N)C(=O)N[C@H](COCc1ccccc1)C(=O)N1CCC2(CC1)CN(S(C)(=O)=O)c1ccccc12. The molecule has 1 fully saturated rings. The molecule has 0 aromatic heterocycles. The lowest BCUT2D eigenvalue weighted by atomic mass is 9.74. The zero-order valence-corrected chi connectivity index (χ0v) is 22.5. The number of ether oxygens (including phenoxy) is 1. The summed E-state index contributed by atoms with van der Waals surface area (Å²) in [6.45, 7) is 4.77. The summed E-state index contributed by atoms with van der Waals surface area (Å²) in [5.74, 6) is -0.664. The van der Waals surface area contributed by atoms with Gasteiger partial charge in [0, 0.05) is 25.0 Å². The minimum absolute atomic E-state index is 0. The van der Waals surface area contributed by atoms with Crippen molar-refractivity contribution in [3.63, 3.8) is 0 Å². The van der Waals surface area contributed by atoms with Crippen LogP contribution in [0.15, 0.2) is 54.6 Å². The topological polar surface area (TPSA) is 122 Å². The van der Waals surface area contributed by atoms with Crippen molar-refractivity contribution in [1.82, 2.24) is 10.2 Å². The van der Waals surface area contributed by atoms with E-state index in [9.17, 15) is 18.0 Å². The fourth-order valence-electron chi connectivity index (χ4n) is 5.07. The van der Waals surface area contributed by atoms with Crippen molar-refractivity contribution in [1.29, 1.82) is 0 Å². The molecule has 0 unspecified atom stereocenters. The number of nitrogens with one attached hydrogen (secondary N) is 1. The van der Waals surface area contributed by atoms with Crippen LogP contribution < -0.4 is 15.4 Å². The van der Waals surface area contributed by atoms with Gasteiger partial charge in [0.1, 0.15) is 6.04 Å². The fraction of sp³-hybridized carbons (Fsp3) is 0.500. The summed E-state index contributed by atoms with van der Waals surface area (Å²) in [5.41, 5.74) is 7.16. The smallest absolute Gasteiger partial charge is 0.247 e. The Morgan fingerprint density at radius 2 is 1.68 bits per heavy atom. The van der Waals surface area contributed by atoms with Crippen LogP contribution in [0.2, 0.25) is 0 Å². The number of nitrogens with two attached hydrogens (primary N) is 1. The van der Waals surface area contributed by atoms with Crippen LogP contribution in [0.1, 0.15) is 45.2 Å². The van der Waals surface area contributed by atoms with Crippen molar-refractivity contribution in [2.24, 2.45) is 5.73 Å². The fourth-order valence-corrected chi connectivity index (χ4v) is 6.07. The van der Waals surface area contributed by atoms with Crippen molar-refractivity contribution in [2.45, 2.75) is 57.7 Å². The minimum atomic E-state index is -3.42. The molecule has 1 saturated heterocycles. The van der Waals surface area contributed by atoms with E-state index < -0.39 is 27.5 Å². The van der Waals surface area contributed by atoms with Gasteiger partial charge in [-0.25, -0.2) is 8.42 Å². The lowest BCUT2D eigenvalue weighted by molar-refractivity contribution is -0.140. The number of carbonyl (C=O) groups excluding carboxylic acids is 2. The van der Waals surface area contributed by atoms with Crippen molar-refractivity contribution in [2.75, 3.05) is 36.8 Å². The molecule has 0 radical (unpaired) electrons. The summed E-state index contributed by atoms with van der Waals surface area (Å²) in [6, 6.07) is 16.3. The zero-order chi connectivity index (χ0) is 26.8. The zero-order valence-electron chi connectivity index (χ0n) is 21.6. The lowest BCUT2D eigenvalue weighted by Gasteiger charge is -2.41. The lowest BCUT2D eigenvalue weighted by Crippen LogP contribution is -2.59. The summed E-state index contributed by atoms with van der Waals surface area (Å²) in [7, 11) is -3.42. The Kier molecular flexibility index (Phi) is 8.90. The molecule has 10 heteroatoms. The maximum atomic E-state index is 13.6. The van der Waals surface area contributed by atoms with Crippen LogP contribution in [0.5, 0.6) is 0 Å². The average Bonchev–Trinajstić information content (AvgIpc) is 3.18. The van der Waals surface area contributed by atoms with Crippen LogP contribution >= 0.6 is 0 Å². The molecule has 0 bridgehead atoms. The Bertz CT molecular complexity index is 1240. The third-order valence-electron chi connectivity index (χ3n) is 7.21. The molecule has 2 aromatic carbocycles. The highest BCUT2D eigenvalue weighted by Crippen LogP contribution is 2.47. The molecule has 9 nitrogen and oxygen atoms in total. The molecule has 2 heterocycles. The van der Waals surface area contributed by atoms with E-state index in [0.717, 1.165) is 16.8 Å². The summed E-state index contributed by atoms with van der Waals surface area (Å²) in [6.07, 6.45) is 2.47. The number of benzene rings is 2. The van der Waals surface area contributed by atoms with Gasteiger partial charge < -0.3 is 20.7 Å². The van der Waals surface area contributed by atoms with Crippen molar-refractivity contribution < 1.29 is 22.7 Å². The monoisotopic (exact) mass is 544 g/mol. The van der Waals surface area contributed by atoms with Crippen molar-refractivity contribution in [3.05, 3.63) is 65.7 Å². The number of hydrogen-bond donors (Lipinski definition) is 2. The van der Waals surface area contributed by atoms with E-state index in [1.165, 1.54) is 10.6 Å². The maximum absolute atomic E-state index is 13.6. The van der Waals surface area contributed by atoms with Gasteiger partial charge in [-0.3, -0.25) is 13.9 Å². The highest BCUT2D eigenvalue weighted by molar-refractivity contribution is 7.92. The number of piperidine rings is 1. The van der Waals surface area contributed by atoms with Gasteiger partial charge in [-0.2, -0.15) is 0 Å². The van der Waals surface area contributed by atoms with Gasteiger partial charge in [-0.05, 0) is 43.9 Å². The Hall–Kier alpha value is -2.95. The quantitative estimate of drug-likeness (QED) is 0.526. The van der Waals surface area contributed by atoms with E-state index in [4.69, 9.17) is 10.5 Å². The van der Waals surface area contributed by atoms with E-state index in [-0.39, 0.29) is 25.4 Å². The number of hydrogen-bond acceptors (Lipinski definition) is 6. The van der Waals surface area contributed by atoms with Gasteiger partial charge in [-0.15, -0.1) is 0 Å². The molecular weight excluding hydrogens is 504 g/mol. The van der Waals surface area contributed by atoms with Crippen molar-refractivity contribution >= 4 is 27.5 Å². The van der Waals surface area contributed by atoms with Crippen LogP contribution in [0.25, 0.3) is 0 Å². The first kappa shape index (κ1) is 29.6. The van der Waals surface area contributed by atoms with E-state index in [2.05, 4.69) is 5.32 Å². The first-order valence-electron chi connectivity index (χ1n) is 12.5. The second kappa shape index (κ2) is 11.4. The standard InChI is InChI=1S/C27H36N4O5S.CH4/c1-26(2,28)25(33)29-22(18-36-17-20-9-5-4-6-10-20)24(32)30-15-13-27(14-16-30)19-31(37(3,34)35)23-12-8-7-11-21(23)27;/h4-12,22H,13-19,28H2,1-3H3,(H,29,33);1H4/t22-;/m1./s1. The van der Waals surface area contributed by atoms with Crippen LogP contribution in [0.3, 0.4) is 0 Å². The molecule has 208 valence electrons. The number of para-hydroxylation sites is 1. The number of sulfonamides is 1. The molecule has 2 aliphatic rings. The van der Waals surface area contributed by atoms with E-state index in [0.29, 0.717) is 39.1 Å². The van der Waals surface area contributed by atoms with Gasteiger partial charge in [0.2, 0.25) is 21.8 Å². The summed E-state index contributed by atoms with van der Waals surface area (Å²) >= 11 is 0. The average molecular weight is 545 g/mol. The predicted octanol–water partition coefficient (Wildman–Crippen LogP) is 2.40. The van der Waals surface area contributed by atoms with Gasteiger partial charge in [-0.1, -0.05) is 56.0 Å². The molecule has 1 atom stereocenters. The Morgan fingerprint density at radius 1 is 1.08 bits per heavy atom. The number of fused-ring (bicyclic) bond motifs is 2.